The molecule has 31 heavy (non-hydrogen) atoms. The lowest BCUT2D eigenvalue weighted by Gasteiger charge is -2.20. The van der Waals surface area contributed by atoms with Crippen molar-refractivity contribution < 1.29 is 18.0 Å². The number of Topliss-reactive ketones (excluding diaryl/α,β-unsaturated/α-hetero) is 1. The fourth-order valence-corrected chi connectivity index (χ4v) is 5.32. The smallest absolute Gasteiger partial charge is 0.242 e. The minimum atomic E-state index is -3.92. The van der Waals surface area contributed by atoms with Gasteiger partial charge >= 0.3 is 0 Å². The minimum Gasteiger partial charge on any atom is -0.325 e. The van der Waals surface area contributed by atoms with E-state index in [0.717, 1.165) is 15.2 Å². The van der Waals surface area contributed by atoms with Crippen molar-refractivity contribution in [3.8, 4) is 0 Å². The number of anilines is 1. The molecular formula is C22H25N3O4S2. The zero-order valence-electron chi connectivity index (χ0n) is 17.8. The number of amides is 1. The van der Waals surface area contributed by atoms with Crippen molar-refractivity contribution in [2.75, 3.05) is 5.32 Å². The lowest BCUT2D eigenvalue weighted by atomic mass is 10.0. The summed E-state index contributed by atoms with van der Waals surface area (Å²) < 4.78 is 29.3. The number of carbonyl (C=O) groups is 2. The van der Waals surface area contributed by atoms with Crippen molar-refractivity contribution in [2.45, 2.75) is 45.1 Å². The van der Waals surface area contributed by atoms with E-state index in [-0.39, 0.29) is 16.6 Å². The molecule has 1 aromatic heterocycles. The number of carbonyl (C=O) groups excluding carboxylic acids is 2. The summed E-state index contributed by atoms with van der Waals surface area (Å²) in [6, 6.07) is 10.3. The standard InChI is InChI=1S/C22H25N3O4S2/c1-13(2)11-20(22(27)24-17-7-5-16(6-8-17)14(3)26)25-31(28,29)18-9-10-19-21(12-18)30-15(4)23-19/h5-10,12-13,20,25H,11H2,1-4H3,(H,24,27). The van der Waals surface area contributed by atoms with Gasteiger partial charge in [0.05, 0.1) is 20.1 Å². The van der Waals surface area contributed by atoms with Gasteiger partial charge in [-0.2, -0.15) is 4.72 Å². The molecular weight excluding hydrogens is 434 g/mol. The number of benzene rings is 2. The fraction of sp³-hybridized carbons (Fsp3) is 0.318. The van der Waals surface area contributed by atoms with Gasteiger partial charge in [0.1, 0.15) is 6.04 Å². The monoisotopic (exact) mass is 459 g/mol. The van der Waals surface area contributed by atoms with E-state index in [1.807, 2.05) is 20.8 Å². The van der Waals surface area contributed by atoms with Gasteiger partial charge in [-0.25, -0.2) is 13.4 Å². The van der Waals surface area contributed by atoms with Crippen LogP contribution in [0.15, 0.2) is 47.4 Å². The predicted molar refractivity (Wildman–Crippen MR) is 123 cm³/mol. The molecule has 9 heteroatoms. The number of nitrogens with one attached hydrogen (secondary N) is 2. The van der Waals surface area contributed by atoms with Crippen LogP contribution in [0.5, 0.6) is 0 Å². The molecule has 0 saturated carbocycles. The summed E-state index contributed by atoms with van der Waals surface area (Å²) in [5.41, 5.74) is 1.77. The number of hydrogen-bond acceptors (Lipinski definition) is 6. The van der Waals surface area contributed by atoms with Gasteiger partial charge < -0.3 is 5.32 Å². The second kappa shape index (κ2) is 9.25. The summed E-state index contributed by atoms with van der Waals surface area (Å²) in [6.07, 6.45) is 0.332. The molecule has 0 spiro atoms. The summed E-state index contributed by atoms with van der Waals surface area (Å²) in [5, 5.41) is 3.59. The molecule has 0 aliphatic heterocycles. The number of aryl methyl sites for hydroxylation is 1. The number of aromatic nitrogens is 1. The van der Waals surface area contributed by atoms with Crippen LogP contribution in [0.4, 0.5) is 5.69 Å². The molecule has 7 nitrogen and oxygen atoms in total. The van der Waals surface area contributed by atoms with E-state index >= 15 is 0 Å². The number of rotatable bonds is 8. The molecule has 0 radical (unpaired) electrons. The third kappa shape index (κ3) is 5.75. The molecule has 3 aromatic rings. The second-order valence-corrected chi connectivity index (χ2v) is 10.7. The van der Waals surface area contributed by atoms with Gasteiger partial charge in [0.2, 0.25) is 15.9 Å². The third-order valence-corrected chi connectivity index (χ3v) is 7.06. The highest BCUT2D eigenvalue weighted by Gasteiger charge is 2.27. The summed E-state index contributed by atoms with van der Waals surface area (Å²) in [4.78, 5) is 28.7. The van der Waals surface area contributed by atoms with Crippen LogP contribution < -0.4 is 10.0 Å². The number of ketones is 1. The van der Waals surface area contributed by atoms with Crippen LogP contribution >= 0.6 is 11.3 Å². The van der Waals surface area contributed by atoms with Crippen molar-refractivity contribution in [3.05, 3.63) is 53.0 Å². The Morgan fingerprint density at radius 1 is 1.10 bits per heavy atom. The largest absolute Gasteiger partial charge is 0.325 e. The van der Waals surface area contributed by atoms with Crippen LogP contribution in [-0.4, -0.2) is 31.1 Å². The molecule has 164 valence electrons. The maximum absolute atomic E-state index is 13.0. The van der Waals surface area contributed by atoms with Gasteiger partial charge in [0.15, 0.2) is 5.78 Å². The normalized spacial score (nSPS) is 12.8. The molecule has 2 N–H and O–H groups in total. The molecule has 1 heterocycles. The molecule has 0 aliphatic carbocycles. The van der Waals surface area contributed by atoms with Gasteiger partial charge in [0, 0.05) is 11.3 Å². The summed E-state index contributed by atoms with van der Waals surface area (Å²) in [6.45, 7) is 7.17. The molecule has 1 amide bonds. The number of fused-ring (bicyclic) bond motifs is 1. The third-order valence-electron chi connectivity index (χ3n) is 4.66. The highest BCUT2D eigenvalue weighted by Crippen LogP contribution is 2.25. The Bertz CT molecular complexity index is 1220. The average molecular weight is 460 g/mol. The fourth-order valence-electron chi connectivity index (χ4n) is 3.14. The van der Waals surface area contributed by atoms with Crippen LogP contribution in [0.3, 0.4) is 0 Å². The zero-order valence-corrected chi connectivity index (χ0v) is 19.4. The average Bonchev–Trinajstić information content (AvgIpc) is 3.06. The van der Waals surface area contributed by atoms with Gasteiger partial charge in [-0.05, 0) is 68.7 Å². The number of thiazole rings is 1. The molecule has 1 atom stereocenters. The van der Waals surface area contributed by atoms with Crippen LogP contribution in [0.2, 0.25) is 0 Å². The predicted octanol–water partition coefficient (Wildman–Crippen LogP) is 4.14. The lowest BCUT2D eigenvalue weighted by molar-refractivity contribution is -0.118. The van der Waals surface area contributed by atoms with Crippen molar-refractivity contribution in [2.24, 2.45) is 5.92 Å². The minimum absolute atomic E-state index is 0.0728. The van der Waals surface area contributed by atoms with E-state index < -0.39 is 22.0 Å². The van der Waals surface area contributed by atoms with Crippen LogP contribution in [0.1, 0.15) is 42.6 Å². The first kappa shape index (κ1) is 23.1. The Balaban J connectivity index is 1.81. The molecule has 0 fully saturated rings. The van der Waals surface area contributed by atoms with E-state index in [9.17, 15) is 18.0 Å². The lowest BCUT2D eigenvalue weighted by Crippen LogP contribution is -2.44. The van der Waals surface area contributed by atoms with Crippen molar-refractivity contribution >= 4 is 49.0 Å². The van der Waals surface area contributed by atoms with E-state index in [2.05, 4.69) is 15.0 Å². The number of sulfonamides is 1. The van der Waals surface area contributed by atoms with Gasteiger partial charge in [0.25, 0.3) is 0 Å². The van der Waals surface area contributed by atoms with Crippen LogP contribution in [0, 0.1) is 12.8 Å². The summed E-state index contributed by atoms with van der Waals surface area (Å²) in [7, 11) is -3.92. The Kier molecular flexibility index (Phi) is 6.88. The van der Waals surface area contributed by atoms with Gasteiger partial charge in [-0.3, -0.25) is 9.59 Å². The highest BCUT2D eigenvalue weighted by molar-refractivity contribution is 7.89. The molecule has 0 bridgehead atoms. The van der Waals surface area contributed by atoms with E-state index in [0.29, 0.717) is 17.7 Å². The van der Waals surface area contributed by atoms with E-state index in [1.165, 1.54) is 24.3 Å². The van der Waals surface area contributed by atoms with Crippen LogP contribution in [0.25, 0.3) is 10.2 Å². The first-order valence-corrected chi connectivity index (χ1v) is 12.2. The topological polar surface area (TPSA) is 105 Å². The quantitative estimate of drug-likeness (QED) is 0.493. The Morgan fingerprint density at radius 3 is 2.39 bits per heavy atom. The first-order chi connectivity index (χ1) is 14.5. The van der Waals surface area contributed by atoms with Crippen molar-refractivity contribution in [1.82, 2.24) is 9.71 Å². The maximum atomic E-state index is 13.0. The SMILES string of the molecule is CC(=O)c1ccc(NC(=O)C(CC(C)C)NS(=O)(=O)c2ccc3nc(C)sc3c2)cc1. The Hall–Kier alpha value is -2.62. The molecule has 1 unspecified atom stereocenters. The van der Waals surface area contributed by atoms with Gasteiger partial charge in [-0.15, -0.1) is 11.3 Å². The highest BCUT2D eigenvalue weighted by atomic mass is 32.2. The molecule has 0 aliphatic rings. The van der Waals surface area contributed by atoms with Crippen molar-refractivity contribution in [1.29, 1.82) is 0 Å². The van der Waals surface area contributed by atoms with Crippen molar-refractivity contribution in [3.63, 3.8) is 0 Å². The summed E-state index contributed by atoms with van der Waals surface area (Å²) >= 11 is 1.42. The molecule has 2 aromatic carbocycles. The van der Waals surface area contributed by atoms with Gasteiger partial charge in [-0.1, -0.05) is 13.8 Å². The number of nitrogens with zero attached hydrogens (tertiary/aromatic N) is 1. The molecule has 0 saturated heterocycles. The number of hydrogen-bond donors (Lipinski definition) is 2. The first-order valence-electron chi connectivity index (χ1n) is 9.86. The zero-order chi connectivity index (χ0) is 22.8. The Labute approximate surface area is 185 Å². The van der Waals surface area contributed by atoms with E-state index in [1.54, 1.807) is 36.4 Å². The summed E-state index contributed by atoms with van der Waals surface area (Å²) in [5.74, 6) is -0.441. The van der Waals surface area contributed by atoms with E-state index in [4.69, 9.17) is 0 Å². The maximum Gasteiger partial charge on any atom is 0.242 e. The second-order valence-electron chi connectivity index (χ2n) is 7.79. The Morgan fingerprint density at radius 2 is 1.77 bits per heavy atom. The van der Waals surface area contributed by atoms with Crippen LogP contribution in [-0.2, 0) is 14.8 Å². The molecule has 3 rings (SSSR count).